The Labute approximate surface area is 154 Å². The lowest BCUT2D eigenvalue weighted by Crippen LogP contribution is -2.38. The van der Waals surface area contributed by atoms with Gasteiger partial charge in [-0.1, -0.05) is 0 Å². The van der Waals surface area contributed by atoms with Crippen LogP contribution in [0.25, 0.3) is 10.9 Å². The number of pyridine rings is 1. The lowest BCUT2D eigenvalue weighted by molar-refractivity contribution is 0.0682. The molecule has 0 bridgehead atoms. The number of halogens is 1. The first kappa shape index (κ1) is 17.2. The topological polar surface area (TPSA) is 86.3 Å². The van der Waals surface area contributed by atoms with Gasteiger partial charge in [0, 0.05) is 36.4 Å². The molecule has 1 aromatic carbocycles. The first-order chi connectivity index (χ1) is 13.0. The number of aromatic carboxylic acids is 1. The minimum absolute atomic E-state index is 0.0824. The van der Waals surface area contributed by atoms with E-state index in [2.05, 4.69) is 9.97 Å². The molecule has 0 radical (unpaired) electrons. The van der Waals surface area contributed by atoms with Crippen molar-refractivity contribution in [2.75, 3.05) is 13.1 Å². The molecule has 1 aliphatic heterocycles. The van der Waals surface area contributed by atoms with E-state index in [-0.39, 0.29) is 17.4 Å². The molecule has 0 aliphatic carbocycles. The summed E-state index contributed by atoms with van der Waals surface area (Å²) in [4.78, 5) is 32.2. The predicted octanol–water partition coefficient (Wildman–Crippen LogP) is 3.42. The van der Waals surface area contributed by atoms with Crippen molar-refractivity contribution in [2.24, 2.45) is 0 Å². The molecular weight excluding hydrogens is 349 g/mol. The average Bonchev–Trinajstić information content (AvgIpc) is 3.10. The molecule has 3 heterocycles. The number of fused-ring (bicyclic) bond motifs is 1. The van der Waals surface area contributed by atoms with Gasteiger partial charge in [0.1, 0.15) is 11.5 Å². The van der Waals surface area contributed by atoms with E-state index in [1.54, 1.807) is 11.0 Å². The van der Waals surface area contributed by atoms with E-state index in [0.29, 0.717) is 24.6 Å². The molecule has 6 nitrogen and oxygen atoms in total. The largest absolute Gasteiger partial charge is 0.477 e. The van der Waals surface area contributed by atoms with Gasteiger partial charge in [-0.2, -0.15) is 0 Å². The number of aromatic amines is 1. The van der Waals surface area contributed by atoms with Crippen LogP contribution >= 0.6 is 0 Å². The molecule has 1 aliphatic rings. The second kappa shape index (κ2) is 6.83. The Balaban J connectivity index is 1.45. The fraction of sp³-hybridized carbons (Fsp3) is 0.250. The Morgan fingerprint density at radius 3 is 2.63 bits per heavy atom. The third-order valence-electron chi connectivity index (χ3n) is 5.13. The van der Waals surface area contributed by atoms with E-state index in [4.69, 9.17) is 5.11 Å². The second-order valence-corrected chi connectivity index (χ2v) is 6.74. The number of amides is 1. The van der Waals surface area contributed by atoms with E-state index in [1.807, 2.05) is 6.20 Å². The highest BCUT2D eigenvalue weighted by molar-refractivity contribution is 5.95. The Bertz CT molecular complexity index is 1000. The highest BCUT2D eigenvalue weighted by atomic mass is 19.1. The maximum Gasteiger partial charge on any atom is 0.354 e. The molecule has 1 amide bonds. The summed E-state index contributed by atoms with van der Waals surface area (Å²) in [7, 11) is 0. The van der Waals surface area contributed by atoms with Crippen LogP contribution in [0, 0.1) is 5.82 Å². The van der Waals surface area contributed by atoms with Gasteiger partial charge in [-0.05, 0) is 54.7 Å². The molecule has 3 aromatic rings. The Hall–Kier alpha value is -3.22. The number of piperidine rings is 1. The molecule has 1 saturated heterocycles. The third-order valence-corrected chi connectivity index (χ3v) is 5.13. The second-order valence-electron chi connectivity index (χ2n) is 6.74. The number of likely N-dealkylation sites (tertiary alicyclic amines) is 1. The number of carboxylic acids is 1. The Kier molecular flexibility index (Phi) is 4.35. The fourth-order valence-corrected chi connectivity index (χ4v) is 3.68. The highest BCUT2D eigenvalue weighted by Gasteiger charge is 2.26. The fourth-order valence-electron chi connectivity index (χ4n) is 3.68. The van der Waals surface area contributed by atoms with Crippen molar-refractivity contribution >= 4 is 22.8 Å². The normalized spacial score (nSPS) is 15.2. The number of hydrogen-bond donors (Lipinski definition) is 2. The zero-order valence-corrected chi connectivity index (χ0v) is 14.5. The molecular formula is C20H18FN3O3. The van der Waals surface area contributed by atoms with Crippen LogP contribution in [0.5, 0.6) is 0 Å². The molecule has 7 heteroatoms. The van der Waals surface area contributed by atoms with Crippen LogP contribution in [0.4, 0.5) is 4.39 Å². The molecule has 2 aromatic heterocycles. The summed E-state index contributed by atoms with van der Waals surface area (Å²) >= 11 is 0. The summed E-state index contributed by atoms with van der Waals surface area (Å²) < 4.78 is 13.4. The predicted molar refractivity (Wildman–Crippen MR) is 97.3 cm³/mol. The smallest absolute Gasteiger partial charge is 0.354 e. The summed E-state index contributed by atoms with van der Waals surface area (Å²) in [6.45, 7) is 1.22. The number of hydrogen-bond acceptors (Lipinski definition) is 3. The van der Waals surface area contributed by atoms with Crippen LogP contribution in [0.3, 0.4) is 0 Å². The zero-order chi connectivity index (χ0) is 19.0. The van der Waals surface area contributed by atoms with Crippen molar-refractivity contribution in [1.82, 2.24) is 14.9 Å². The monoisotopic (exact) mass is 367 g/mol. The summed E-state index contributed by atoms with van der Waals surface area (Å²) in [6, 6.07) is 7.59. The number of carbonyl (C=O) groups excluding carboxylic acids is 1. The van der Waals surface area contributed by atoms with Crippen LogP contribution in [0.15, 0.2) is 42.7 Å². The number of nitrogens with one attached hydrogen (secondary N) is 1. The number of carboxylic acid groups (broad SMARTS) is 1. The number of rotatable bonds is 3. The van der Waals surface area contributed by atoms with Crippen LogP contribution in [-0.4, -0.2) is 44.9 Å². The number of H-pyrrole nitrogens is 1. The van der Waals surface area contributed by atoms with E-state index >= 15 is 0 Å². The number of benzene rings is 1. The van der Waals surface area contributed by atoms with Crippen LogP contribution in [0.2, 0.25) is 0 Å². The van der Waals surface area contributed by atoms with Gasteiger partial charge < -0.3 is 15.0 Å². The summed E-state index contributed by atoms with van der Waals surface area (Å²) in [5, 5.41) is 9.91. The first-order valence-corrected chi connectivity index (χ1v) is 8.78. The maximum absolute atomic E-state index is 13.4. The van der Waals surface area contributed by atoms with Gasteiger partial charge in [0.05, 0.1) is 5.56 Å². The minimum Gasteiger partial charge on any atom is -0.477 e. The SMILES string of the molecule is O=C(O)c1ccc(C(=O)N2CCC(c3c[nH]c4cc(F)ccc34)CC2)cn1. The standard InChI is InChI=1S/C20H18FN3O3/c21-14-2-3-15-16(11-23-18(15)9-14)12-5-7-24(8-6-12)19(25)13-1-4-17(20(26)27)22-10-13/h1-4,9-12,23H,5-8H2,(H,26,27). The quantitative estimate of drug-likeness (QED) is 0.743. The van der Waals surface area contributed by atoms with Crippen molar-refractivity contribution in [3.05, 3.63) is 65.4 Å². The summed E-state index contributed by atoms with van der Waals surface area (Å²) in [5.41, 5.74) is 2.25. The van der Waals surface area contributed by atoms with Crippen LogP contribution < -0.4 is 0 Å². The van der Waals surface area contributed by atoms with Crippen LogP contribution in [0.1, 0.15) is 45.2 Å². The third kappa shape index (κ3) is 3.28. The number of aromatic nitrogens is 2. The lowest BCUT2D eigenvalue weighted by Gasteiger charge is -2.32. The van der Waals surface area contributed by atoms with Gasteiger partial charge >= 0.3 is 5.97 Å². The molecule has 0 saturated carbocycles. The molecule has 4 rings (SSSR count). The van der Waals surface area contributed by atoms with Gasteiger partial charge in [-0.15, -0.1) is 0 Å². The van der Waals surface area contributed by atoms with E-state index in [1.165, 1.54) is 30.5 Å². The average molecular weight is 367 g/mol. The van der Waals surface area contributed by atoms with E-state index in [0.717, 1.165) is 29.3 Å². The number of nitrogens with zero attached hydrogens (tertiary/aromatic N) is 2. The van der Waals surface area contributed by atoms with Crippen molar-refractivity contribution < 1.29 is 19.1 Å². The highest BCUT2D eigenvalue weighted by Crippen LogP contribution is 2.33. The lowest BCUT2D eigenvalue weighted by atomic mass is 9.89. The molecule has 0 spiro atoms. The van der Waals surface area contributed by atoms with Gasteiger partial charge in [-0.3, -0.25) is 4.79 Å². The number of carbonyl (C=O) groups is 2. The van der Waals surface area contributed by atoms with Gasteiger partial charge in [0.2, 0.25) is 0 Å². The van der Waals surface area contributed by atoms with Gasteiger partial charge in [0.15, 0.2) is 0 Å². The van der Waals surface area contributed by atoms with Gasteiger partial charge in [-0.25, -0.2) is 14.2 Å². The summed E-state index contributed by atoms with van der Waals surface area (Å²) in [5.74, 6) is -1.22. The van der Waals surface area contributed by atoms with E-state index < -0.39 is 5.97 Å². The van der Waals surface area contributed by atoms with Crippen molar-refractivity contribution in [3.8, 4) is 0 Å². The zero-order valence-electron chi connectivity index (χ0n) is 14.5. The maximum atomic E-state index is 13.4. The van der Waals surface area contributed by atoms with E-state index in [9.17, 15) is 14.0 Å². The molecule has 27 heavy (non-hydrogen) atoms. The summed E-state index contributed by atoms with van der Waals surface area (Å²) in [6.07, 6.45) is 4.88. The molecule has 2 N–H and O–H groups in total. The Morgan fingerprint density at radius 2 is 1.96 bits per heavy atom. The van der Waals surface area contributed by atoms with Crippen molar-refractivity contribution in [2.45, 2.75) is 18.8 Å². The van der Waals surface area contributed by atoms with Crippen LogP contribution in [-0.2, 0) is 0 Å². The first-order valence-electron chi connectivity index (χ1n) is 8.78. The van der Waals surface area contributed by atoms with Crippen molar-refractivity contribution in [3.63, 3.8) is 0 Å². The molecule has 138 valence electrons. The molecule has 1 fully saturated rings. The minimum atomic E-state index is -1.12. The Morgan fingerprint density at radius 1 is 1.19 bits per heavy atom. The molecule has 0 atom stereocenters. The molecule has 0 unspecified atom stereocenters. The van der Waals surface area contributed by atoms with Crippen molar-refractivity contribution in [1.29, 1.82) is 0 Å². The van der Waals surface area contributed by atoms with Gasteiger partial charge in [0.25, 0.3) is 5.91 Å².